The fourth-order valence-corrected chi connectivity index (χ4v) is 2.52. The number of anilines is 2. The lowest BCUT2D eigenvalue weighted by atomic mass is 9.98. The maximum atomic E-state index is 10.7. The summed E-state index contributed by atoms with van der Waals surface area (Å²) >= 11 is 0. The Labute approximate surface area is 112 Å². The summed E-state index contributed by atoms with van der Waals surface area (Å²) < 4.78 is 0. The summed E-state index contributed by atoms with van der Waals surface area (Å²) in [5, 5.41) is 13.9. The molecule has 0 saturated carbocycles. The van der Waals surface area contributed by atoms with Crippen LogP contribution in [0.1, 0.15) is 12.8 Å². The van der Waals surface area contributed by atoms with Gasteiger partial charge in [-0.25, -0.2) is 4.98 Å². The van der Waals surface area contributed by atoms with Crippen LogP contribution in [0.3, 0.4) is 0 Å². The third kappa shape index (κ3) is 3.11. The number of nitrogens with one attached hydrogen (secondary N) is 1. The Balaban J connectivity index is 2.13. The van der Waals surface area contributed by atoms with Gasteiger partial charge in [0.1, 0.15) is 5.82 Å². The Morgan fingerprint density at radius 3 is 3.05 bits per heavy atom. The predicted molar refractivity (Wildman–Crippen MR) is 74.2 cm³/mol. The number of rotatable bonds is 4. The third-order valence-corrected chi connectivity index (χ3v) is 3.42. The van der Waals surface area contributed by atoms with Crippen molar-refractivity contribution in [2.45, 2.75) is 12.8 Å². The number of aromatic nitrogens is 1. The van der Waals surface area contributed by atoms with E-state index >= 15 is 0 Å². The van der Waals surface area contributed by atoms with Crippen LogP contribution in [-0.2, 0) is 0 Å². The number of nitrogens with two attached hydrogens (primary N) is 1. The molecular formula is C12H19N5O2. The molecule has 104 valence electrons. The molecule has 7 heteroatoms. The quantitative estimate of drug-likeness (QED) is 0.623. The second-order valence-electron chi connectivity index (χ2n) is 4.84. The lowest BCUT2D eigenvalue weighted by Gasteiger charge is -2.33. The van der Waals surface area contributed by atoms with Crippen LogP contribution in [0, 0.1) is 16.0 Å². The van der Waals surface area contributed by atoms with Gasteiger partial charge in [0, 0.05) is 19.2 Å². The van der Waals surface area contributed by atoms with E-state index < -0.39 is 4.92 Å². The molecule has 1 aromatic rings. The molecule has 0 aliphatic carbocycles. The molecule has 2 heterocycles. The predicted octanol–water partition coefficient (Wildman–Crippen LogP) is 1.01. The van der Waals surface area contributed by atoms with E-state index in [1.807, 2.05) is 7.05 Å². The maximum absolute atomic E-state index is 10.7. The van der Waals surface area contributed by atoms with Crippen LogP contribution in [0.4, 0.5) is 17.3 Å². The normalized spacial score (nSPS) is 19.4. The largest absolute Gasteiger partial charge is 0.378 e. The first kappa shape index (κ1) is 13.5. The SMILES string of the molecule is CNCC1CCCN(c2ccc([N+](=O)[O-])c(N)n2)C1. The number of nitrogens with zero attached hydrogens (tertiary/aromatic N) is 3. The van der Waals surface area contributed by atoms with E-state index in [-0.39, 0.29) is 11.5 Å². The second kappa shape index (κ2) is 5.83. The van der Waals surface area contributed by atoms with E-state index in [1.54, 1.807) is 6.07 Å². The van der Waals surface area contributed by atoms with Crippen LogP contribution < -0.4 is 16.0 Å². The van der Waals surface area contributed by atoms with Gasteiger partial charge in [0.25, 0.3) is 0 Å². The van der Waals surface area contributed by atoms with Crippen LogP contribution in [-0.4, -0.2) is 36.6 Å². The van der Waals surface area contributed by atoms with E-state index in [4.69, 9.17) is 5.73 Å². The molecule has 0 aromatic carbocycles. The molecular weight excluding hydrogens is 246 g/mol. The molecule has 1 aliphatic rings. The molecule has 1 atom stereocenters. The second-order valence-corrected chi connectivity index (χ2v) is 4.84. The molecule has 1 unspecified atom stereocenters. The summed E-state index contributed by atoms with van der Waals surface area (Å²) in [7, 11) is 1.95. The molecule has 1 saturated heterocycles. The van der Waals surface area contributed by atoms with Gasteiger partial charge in [0.15, 0.2) is 0 Å². The number of hydrogen-bond donors (Lipinski definition) is 2. The first-order valence-electron chi connectivity index (χ1n) is 6.42. The van der Waals surface area contributed by atoms with Crippen LogP contribution in [0.2, 0.25) is 0 Å². The molecule has 2 rings (SSSR count). The van der Waals surface area contributed by atoms with Gasteiger partial charge >= 0.3 is 5.69 Å². The molecule has 0 radical (unpaired) electrons. The molecule has 19 heavy (non-hydrogen) atoms. The zero-order valence-electron chi connectivity index (χ0n) is 11.0. The van der Waals surface area contributed by atoms with Gasteiger partial charge in [0.2, 0.25) is 5.82 Å². The van der Waals surface area contributed by atoms with E-state index in [0.29, 0.717) is 5.92 Å². The van der Waals surface area contributed by atoms with E-state index in [1.165, 1.54) is 12.5 Å². The lowest BCUT2D eigenvalue weighted by Crippen LogP contribution is -2.39. The monoisotopic (exact) mass is 265 g/mol. The molecule has 0 spiro atoms. The van der Waals surface area contributed by atoms with Gasteiger partial charge < -0.3 is 16.0 Å². The van der Waals surface area contributed by atoms with Crippen LogP contribution in [0.5, 0.6) is 0 Å². The zero-order valence-corrected chi connectivity index (χ0v) is 11.0. The van der Waals surface area contributed by atoms with E-state index in [0.717, 1.165) is 31.9 Å². The number of piperidine rings is 1. The van der Waals surface area contributed by atoms with Gasteiger partial charge in [-0.2, -0.15) is 0 Å². The summed E-state index contributed by atoms with van der Waals surface area (Å²) in [4.78, 5) is 16.5. The lowest BCUT2D eigenvalue weighted by molar-refractivity contribution is -0.384. The highest BCUT2D eigenvalue weighted by Crippen LogP contribution is 2.26. The van der Waals surface area contributed by atoms with Crippen molar-refractivity contribution in [1.29, 1.82) is 0 Å². The highest BCUT2D eigenvalue weighted by molar-refractivity contribution is 5.58. The van der Waals surface area contributed by atoms with Crippen LogP contribution >= 0.6 is 0 Å². The average molecular weight is 265 g/mol. The Hall–Kier alpha value is -1.89. The number of nitrogen functional groups attached to an aromatic ring is 1. The average Bonchev–Trinajstić information content (AvgIpc) is 2.39. The maximum Gasteiger partial charge on any atom is 0.311 e. The fourth-order valence-electron chi connectivity index (χ4n) is 2.52. The summed E-state index contributed by atoms with van der Waals surface area (Å²) in [6.07, 6.45) is 2.30. The molecule has 1 fully saturated rings. The number of hydrogen-bond acceptors (Lipinski definition) is 6. The van der Waals surface area contributed by atoms with Crippen molar-refractivity contribution in [3.8, 4) is 0 Å². The minimum atomic E-state index is -0.508. The first-order chi connectivity index (χ1) is 9.11. The fraction of sp³-hybridized carbons (Fsp3) is 0.583. The van der Waals surface area contributed by atoms with Crippen molar-refractivity contribution in [3.63, 3.8) is 0 Å². The van der Waals surface area contributed by atoms with Crippen LogP contribution in [0.15, 0.2) is 12.1 Å². The number of pyridine rings is 1. The first-order valence-corrected chi connectivity index (χ1v) is 6.42. The van der Waals surface area contributed by atoms with Gasteiger partial charge in [-0.05, 0) is 38.4 Å². The Morgan fingerprint density at radius 2 is 2.42 bits per heavy atom. The van der Waals surface area contributed by atoms with Crippen molar-refractivity contribution < 1.29 is 4.92 Å². The number of nitro groups is 1. The molecule has 3 N–H and O–H groups in total. The minimum Gasteiger partial charge on any atom is -0.378 e. The van der Waals surface area contributed by atoms with Crippen molar-refractivity contribution in [1.82, 2.24) is 10.3 Å². The zero-order chi connectivity index (χ0) is 13.8. The van der Waals surface area contributed by atoms with Gasteiger partial charge in [-0.15, -0.1) is 0 Å². The highest BCUT2D eigenvalue weighted by atomic mass is 16.6. The topological polar surface area (TPSA) is 97.3 Å². The minimum absolute atomic E-state index is 0.0155. The molecule has 1 aromatic heterocycles. The third-order valence-electron chi connectivity index (χ3n) is 3.42. The van der Waals surface area contributed by atoms with Crippen molar-refractivity contribution in [2.75, 3.05) is 37.3 Å². The molecule has 7 nitrogen and oxygen atoms in total. The summed E-state index contributed by atoms with van der Waals surface area (Å²) in [6.45, 7) is 2.80. The van der Waals surface area contributed by atoms with Crippen molar-refractivity contribution >= 4 is 17.3 Å². The van der Waals surface area contributed by atoms with Gasteiger partial charge in [0.05, 0.1) is 4.92 Å². The van der Waals surface area contributed by atoms with Crippen molar-refractivity contribution in [2.24, 2.45) is 5.92 Å². The molecule has 1 aliphatic heterocycles. The van der Waals surface area contributed by atoms with Crippen molar-refractivity contribution in [3.05, 3.63) is 22.2 Å². The highest BCUT2D eigenvalue weighted by Gasteiger charge is 2.22. The van der Waals surface area contributed by atoms with E-state index in [9.17, 15) is 10.1 Å². The van der Waals surface area contributed by atoms with Gasteiger partial charge in [-0.1, -0.05) is 0 Å². The molecule has 0 bridgehead atoms. The Morgan fingerprint density at radius 1 is 1.63 bits per heavy atom. The summed E-state index contributed by atoms with van der Waals surface area (Å²) in [5.41, 5.74) is 5.50. The summed E-state index contributed by atoms with van der Waals surface area (Å²) in [6, 6.07) is 3.11. The van der Waals surface area contributed by atoms with E-state index in [2.05, 4.69) is 15.2 Å². The molecule has 0 amide bonds. The Kier molecular flexibility index (Phi) is 4.16. The van der Waals surface area contributed by atoms with Crippen LogP contribution in [0.25, 0.3) is 0 Å². The smallest absolute Gasteiger partial charge is 0.311 e. The summed E-state index contributed by atoms with van der Waals surface area (Å²) in [5.74, 6) is 1.29. The standard InChI is InChI=1S/C12H19N5O2/c1-14-7-9-3-2-6-16(8-9)11-5-4-10(17(18)19)12(13)15-11/h4-5,9,14H,2-3,6-8H2,1H3,(H2,13,15). The van der Waals surface area contributed by atoms with Gasteiger partial charge in [-0.3, -0.25) is 10.1 Å². The Bertz CT molecular complexity index is 463.